The van der Waals surface area contributed by atoms with Crippen LogP contribution in [0.4, 0.5) is 4.79 Å². The lowest BCUT2D eigenvalue weighted by atomic mass is 9.94. The second-order valence-corrected chi connectivity index (χ2v) is 10.9. The number of hydrogen-bond acceptors (Lipinski definition) is 7. The SMILES string of the molecule is C=CC[C@@H](CC(=O)N1CCC[C@H]1CO)C(=O)NC1(COC(=O)[C@@H](CC=C)NC(=O)OCc2ccccc2)CCCC1. The Balaban J connectivity index is 1.57. The molecule has 3 atom stereocenters. The summed E-state index contributed by atoms with van der Waals surface area (Å²) >= 11 is 0. The first kappa shape index (κ1) is 31.9. The van der Waals surface area contributed by atoms with E-state index in [0.717, 1.165) is 31.2 Å². The number of nitrogens with zero attached hydrogens (tertiary/aromatic N) is 1. The first-order valence-electron chi connectivity index (χ1n) is 14.4. The minimum Gasteiger partial charge on any atom is -0.462 e. The van der Waals surface area contributed by atoms with Gasteiger partial charge in [0.1, 0.15) is 19.3 Å². The first-order chi connectivity index (χ1) is 19.8. The van der Waals surface area contributed by atoms with Crippen LogP contribution in [-0.4, -0.2) is 71.3 Å². The van der Waals surface area contributed by atoms with Crippen LogP contribution in [-0.2, 0) is 30.5 Å². The predicted molar refractivity (Wildman–Crippen MR) is 153 cm³/mol. The van der Waals surface area contributed by atoms with Gasteiger partial charge in [-0.2, -0.15) is 0 Å². The van der Waals surface area contributed by atoms with Gasteiger partial charge in [0.05, 0.1) is 24.1 Å². The Morgan fingerprint density at radius 1 is 1.05 bits per heavy atom. The van der Waals surface area contributed by atoms with Crippen LogP contribution < -0.4 is 10.6 Å². The standard InChI is InChI=1S/C31H43N3O7/c1-3-11-24(19-27(36)34-18-10-15-25(34)20-35)28(37)33-31(16-8-9-17-31)22-41-29(38)26(12-4-2)32-30(39)40-21-23-13-6-5-7-14-23/h3-7,13-14,24-26,35H,1-2,8-12,15-22H2,(H,32,39)(H,33,37)/t24-,25-,26+/m0/s1. The minimum atomic E-state index is -0.990. The largest absolute Gasteiger partial charge is 0.462 e. The number of esters is 1. The molecule has 1 heterocycles. The van der Waals surface area contributed by atoms with Crippen LogP contribution in [0.5, 0.6) is 0 Å². The van der Waals surface area contributed by atoms with Gasteiger partial charge in [-0.3, -0.25) is 9.59 Å². The number of aliphatic hydroxyl groups is 1. The molecular weight excluding hydrogens is 526 g/mol. The van der Waals surface area contributed by atoms with E-state index in [9.17, 15) is 24.3 Å². The number of hydrogen-bond donors (Lipinski definition) is 3. The van der Waals surface area contributed by atoms with Crippen LogP contribution in [0.15, 0.2) is 55.6 Å². The van der Waals surface area contributed by atoms with E-state index in [1.165, 1.54) is 6.08 Å². The van der Waals surface area contributed by atoms with Gasteiger partial charge in [0.15, 0.2) is 0 Å². The predicted octanol–water partition coefficient (Wildman–Crippen LogP) is 3.40. The molecular formula is C31H43N3O7. The summed E-state index contributed by atoms with van der Waals surface area (Å²) in [5.41, 5.74) is 0.0535. The van der Waals surface area contributed by atoms with E-state index in [1.807, 2.05) is 30.3 Å². The molecule has 3 N–H and O–H groups in total. The molecule has 0 bridgehead atoms. The van der Waals surface area contributed by atoms with E-state index in [2.05, 4.69) is 23.8 Å². The highest BCUT2D eigenvalue weighted by molar-refractivity contribution is 5.87. The summed E-state index contributed by atoms with van der Waals surface area (Å²) in [5, 5.41) is 15.2. The van der Waals surface area contributed by atoms with Crippen LogP contribution in [0.25, 0.3) is 0 Å². The monoisotopic (exact) mass is 569 g/mol. The Bertz CT molecular complexity index is 1060. The van der Waals surface area contributed by atoms with Crippen molar-refractivity contribution in [2.24, 2.45) is 5.92 Å². The fraction of sp³-hybridized carbons (Fsp3) is 0.548. The van der Waals surface area contributed by atoms with Crippen LogP contribution in [0.1, 0.15) is 63.4 Å². The molecule has 1 aromatic rings. The highest BCUT2D eigenvalue weighted by atomic mass is 16.6. The lowest BCUT2D eigenvalue weighted by molar-refractivity contribution is -0.149. The summed E-state index contributed by atoms with van der Waals surface area (Å²) in [5.74, 6) is -1.72. The zero-order chi connectivity index (χ0) is 29.7. The van der Waals surface area contributed by atoms with E-state index in [-0.39, 0.29) is 50.5 Å². The number of aliphatic hydroxyl groups excluding tert-OH is 1. The van der Waals surface area contributed by atoms with E-state index in [1.54, 1.807) is 11.0 Å². The number of carbonyl (C=O) groups excluding carboxylic acids is 4. The summed E-state index contributed by atoms with van der Waals surface area (Å²) in [6.45, 7) is 7.90. The number of allylic oxidation sites excluding steroid dienone is 1. The zero-order valence-electron chi connectivity index (χ0n) is 23.7. The smallest absolute Gasteiger partial charge is 0.408 e. The second kappa shape index (κ2) is 16.0. The quantitative estimate of drug-likeness (QED) is 0.218. The molecule has 1 aliphatic heterocycles. The fourth-order valence-corrected chi connectivity index (χ4v) is 5.48. The highest BCUT2D eigenvalue weighted by Gasteiger charge is 2.40. The molecule has 1 aliphatic carbocycles. The lowest BCUT2D eigenvalue weighted by Gasteiger charge is -2.32. The molecule has 3 rings (SSSR count). The van der Waals surface area contributed by atoms with Crippen molar-refractivity contribution in [3.05, 3.63) is 61.2 Å². The van der Waals surface area contributed by atoms with Crippen LogP contribution in [0.2, 0.25) is 0 Å². The summed E-state index contributed by atoms with van der Waals surface area (Å²) in [6, 6.07) is 7.99. The molecule has 0 aromatic heterocycles. The maximum Gasteiger partial charge on any atom is 0.408 e. The summed E-state index contributed by atoms with van der Waals surface area (Å²) < 4.78 is 10.9. The number of amides is 3. The van der Waals surface area contributed by atoms with Crippen molar-refractivity contribution in [2.75, 3.05) is 19.8 Å². The Morgan fingerprint density at radius 2 is 1.76 bits per heavy atom. The Kier molecular flexibility index (Phi) is 12.4. The first-order valence-corrected chi connectivity index (χ1v) is 14.4. The number of likely N-dealkylation sites (tertiary alicyclic amines) is 1. The molecule has 2 aliphatic rings. The third-order valence-electron chi connectivity index (χ3n) is 7.78. The average molecular weight is 570 g/mol. The topological polar surface area (TPSA) is 134 Å². The Labute approximate surface area is 242 Å². The number of benzene rings is 1. The van der Waals surface area contributed by atoms with Gasteiger partial charge in [-0.25, -0.2) is 9.59 Å². The molecule has 41 heavy (non-hydrogen) atoms. The Hall–Kier alpha value is -3.66. The molecule has 224 valence electrons. The molecule has 3 amide bonds. The number of carbonyl (C=O) groups is 4. The maximum atomic E-state index is 13.4. The second-order valence-electron chi connectivity index (χ2n) is 10.9. The lowest BCUT2D eigenvalue weighted by Crippen LogP contribution is -2.53. The summed E-state index contributed by atoms with van der Waals surface area (Å²) in [6.07, 6.45) is 7.40. The molecule has 1 saturated carbocycles. The van der Waals surface area contributed by atoms with E-state index >= 15 is 0 Å². The summed E-state index contributed by atoms with van der Waals surface area (Å²) in [4.78, 5) is 53.4. The zero-order valence-corrected chi connectivity index (χ0v) is 23.7. The molecule has 0 unspecified atom stereocenters. The average Bonchev–Trinajstić information content (AvgIpc) is 3.65. The van der Waals surface area contributed by atoms with E-state index in [4.69, 9.17) is 9.47 Å². The normalized spacial score (nSPS) is 19.0. The van der Waals surface area contributed by atoms with Crippen molar-refractivity contribution in [1.82, 2.24) is 15.5 Å². The maximum absolute atomic E-state index is 13.4. The van der Waals surface area contributed by atoms with Crippen LogP contribution >= 0.6 is 0 Å². The Morgan fingerprint density at radius 3 is 2.41 bits per heavy atom. The molecule has 1 aromatic carbocycles. The van der Waals surface area contributed by atoms with Gasteiger partial charge in [-0.1, -0.05) is 55.3 Å². The summed E-state index contributed by atoms with van der Waals surface area (Å²) in [7, 11) is 0. The third-order valence-corrected chi connectivity index (χ3v) is 7.78. The van der Waals surface area contributed by atoms with Crippen molar-refractivity contribution in [3.8, 4) is 0 Å². The number of rotatable bonds is 15. The van der Waals surface area contributed by atoms with Crippen molar-refractivity contribution in [1.29, 1.82) is 0 Å². The minimum absolute atomic E-state index is 0.0145. The van der Waals surface area contributed by atoms with Gasteiger partial charge >= 0.3 is 12.1 Å². The van der Waals surface area contributed by atoms with Gasteiger partial charge in [-0.15, -0.1) is 13.2 Å². The van der Waals surface area contributed by atoms with Crippen molar-refractivity contribution in [3.63, 3.8) is 0 Å². The van der Waals surface area contributed by atoms with Gasteiger partial charge < -0.3 is 30.1 Å². The molecule has 10 heteroatoms. The van der Waals surface area contributed by atoms with Gasteiger partial charge in [-0.05, 0) is 44.1 Å². The van der Waals surface area contributed by atoms with Crippen molar-refractivity contribution < 1.29 is 33.8 Å². The van der Waals surface area contributed by atoms with Crippen LogP contribution in [0, 0.1) is 5.92 Å². The molecule has 0 radical (unpaired) electrons. The number of ether oxygens (including phenoxy) is 2. The third kappa shape index (κ3) is 9.45. The van der Waals surface area contributed by atoms with E-state index in [0.29, 0.717) is 25.8 Å². The van der Waals surface area contributed by atoms with E-state index < -0.39 is 29.6 Å². The van der Waals surface area contributed by atoms with Gasteiger partial charge in [0, 0.05) is 13.0 Å². The van der Waals surface area contributed by atoms with Gasteiger partial charge in [0.2, 0.25) is 11.8 Å². The van der Waals surface area contributed by atoms with Gasteiger partial charge in [0.25, 0.3) is 0 Å². The number of alkyl carbamates (subject to hydrolysis) is 1. The molecule has 2 fully saturated rings. The molecule has 1 saturated heterocycles. The molecule has 0 spiro atoms. The van der Waals surface area contributed by atoms with Crippen molar-refractivity contribution >= 4 is 23.9 Å². The molecule has 10 nitrogen and oxygen atoms in total. The van der Waals surface area contributed by atoms with Crippen molar-refractivity contribution in [2.45, 2.75) is 82.0 Å². The fourth-order valence-electron chi connectivity index (χ4n) is 5.48. The van der Waals surface area contributed by atoms with Crippen LogP contribution in [0.3, 0.4) is 0 Å². The number of nitrogens with one attached hydrogen (secondary N) is 2. The highest BCUT2D eigenvalue weighted by Crippen LogP contribution is 2.31.